The number of aliphatic hydroxyl groups is 1. The average molecular weight is 295 g/mol. The highest BCUT2D eigenvalue weighted by atomic mass is 16.5. The monoisotopic (exact) mass is 295 g/mol. The van der Waals surface area contributed by atoms with E-state index in [1.165, 1.54) is 0 Å². The predicted octanol–water partition coefficient (Wildman–Crippen LogP) is -0.0157. The van der Waals surface area contributed by atoms with Gasteiger partial charge >= 0.3 is 0 Å². The standard InChI is InChI=1S/C15H27N4O2/c1-19(9-10-20)7-4-18(5-8-19)6-11-21-15-3-2-13(16)12-14(15)17/h2-3,12,20H,4-11,16-17H2,1H3/q+1. The molecular weight excluding hydrogens is 268 g/mol. The molecule has 1 aromatic rings. The first-order chi connectivity index (χ1) is 10.0. The Bertz CT molecular complexity index is 459. The van der Waals surface area contributed by atoms with Crippen LogP contribution in [0, 0.1) is 0 Å². The van der Waals surface area contributed by atoms with E-state index in [0.29, 0.717) is 23.7 Å². The molecule has 0 amide bonds. The number of hydrogen-bond donors (Lipinski definition) is 3. The first kappa shape index (κ1) is 15.9. The van der Waals surface area contributed by atoms with Crippen LogP contribution in [0.25, 0.3) is 0 Å². The van der Waals surface area contributed by atoms with E-state index < -0.39 is 0 Å². The molecule has 1 aliphatic heterocycles. The highest BCUT2D eigenvalue weighted by Gasteiger charge is 2.27. The number of aliphatic hydroxyl groups excluding tert-OH is 1. The minimum atomic E-state index is 0.260. The van der Waals surface area contributed by atoms with E-state index in [0.717, 1.165) is 43.8 Å². The first-order valence-corrected chi connectivity index (χ1v) is 7.47. The molecule has 5 N–H and O–H groups in total. The Balaban J connectivity index is 1.73. The SMILES string of the molecule is C[N+]1(CCO)CCN(CCOc2ccc(N)cc2N)CC1. The molecule has 0 bridgehead atoms. The third kappa shape index (κ3) is 4.49. The van der Waals surface area contributed by atoms with Crippen molar-refractivity contribution in [2.45, 2.75) is 0 Å². The van der Waals surface area contributed by atoms with Crippen LogP contribution in [0.2, 0.25) is 0 Å². The number of rotatable bonds is 6. The van der Waals surface area contributed by atoms with Crippen LogP contribution in [0.1, 0.15) is 0 Å². The van der Waals surface area contributed by atoms with Crippen LogP contribution in [-0.4, -0.2) is 74.0 Å². The lowest BCUT2D eigenvalue weighted by atomic mass is 10.2. The molecule has 1 fully saturated rings. The molecule has 6 heteroatoms. The van der Waals surface area contributed by atoms with Crippen molar-refractivity contribution in [1.82, 2.24) is 4.90 Å². The van der Waals surface area contributed by atoms with Gasteiger partial charge in [0.25, 0.3) is 0 Å². The summed E-state index contributed by atoms with van der Waals surface area (Å²) in [5, 5.41) is 9.09. The highest BCUT2D eigenvalue weighted by molar-refractivity contribution is 5.60. The van der Waals surface area contributed by atoms with Gasteiger partial charge in [-0.25, -0.2) is 0 Å². The number of likely N-dealkylation sites (N-methyl/N-ethyl adjacent to an activating group) is 1. The van der Waals surface area contributed by atoms with Crippen molar-refractivity contribution >= 4 is 11.4 Å². The fourth-order valence-corrected chi connectivity index (χ4v) is 2.66. The zero-order chi connectivity index (χ0) is 15.3. The molecule has 1 aromatic carbocycles. The molecule has 118 valence electrons. The molecule has 0 aliphatic carbocycles. The molecule has 2 rings (SSSR count). The number of anilines is 2. The van der Waals surface area contributed by atoms with Gasteiger partial charge in [0.15, 0.2) is 0 Å². The summed E-state index contributed by atoms with van der Waals surface area (Å²) >= 11 is 0. The summed E-state index contributed by atoms with van der Waals surface area (Å²) < 4.78 is 6.68. The third-order valence-electron chi connectivity index (χ3n) is 4.25. The number of quaternary nitrogens is 1. The van der Waals surface area contributed by atoms with Gasteiger partial charge in [-0.15, -0.1) is 0 Å². The molecule has 6 nitrogen and oxygen atoms in total. The maximum absolute atomic E-state index is 9.09. The van der Waals surface area contributed by atoms with Gasteiger partial charge in [0, 0.05) is 25.3 Å². The Hall–Kier alpha value is -1.50. The number of nitrogens with zero attached hydrogens (tertiary/aromatic N) is 2. The van der Waals surface area contributed by atoms with Crippen LogP contribution >= 0.6 is 0 Å². The number of benzene rings is 1. The molecule has 1 aliphatic rings. The molecule has 0 aromatic heterocycles. The quantitative estimate of drug-likeness (QED) is 0.507. The Kier molecular flexibility index (Phi) is 5.27. The van der Waals surface area contributed by atoms with Crippen molar-refractivity contribution in [1.29, 1.82) is 0 Å². The summed E-state index contributed by atoms with van der Waals surface area (Å²) in [5.41, 5.74) is 12.8. The van der Waals surface area contributed by atoms with E-state index in [4.69, 9.17) is 21.3 Å². The summed E-state index contributed by atoms with van der Waals surface area (Å²) in [6.45, 7) is 6.84. The zero-order valence-electron chi connectivity index (χ0n) is 12.8. The van der Waals surface area contributed by atoms with E-state index in [-0.39, 0.29) is 6.61 Å². The Morgan fingerprint density at radius 1 is 1.29 bits per heavy atom. The van der Waals surface area contributed by atoms with Gasteiger partial charge in [-0.1, -0.05) is 0 Å². The van der Waals surface area contributed by atoms with E-state index in [2.05, 4.69) is 11.9 Å². The van der Waals surface area contributed by atoms with Gasteiger partial charge in [-0.2, -0.15) is 0 Å². The Labute approximate surface area is 126 Å². The lowest BCUT2D eigenvalue weighted by Crippen LogP contribution is -2.58. The number of piperazine rings is 1. The fraction of sp³-hybridized carbons (Fsp3) is 0.600. The second-order valence-electron chi connectivity index (χ2n) is 6.00. The number of ether oxygens (including phenoxy) is 1. The van der Waals surface area contributed by atoms with E-state index >= 15 is 0 Å². The Morgan fingerprint density at radius 2 is 2.00 bits per heavy atom. The van der Waals surface area contributed by atoms with Crippen LogP contribution in [0.5, 0.6) is 5.75 Å². The van der Waals surface area contributed by atoms with Crippen molar-refractivity contribution in [3.8, 4) is 5.75 Å². The Morgan fingerprint density at radius 3 is 2.62 bits per heavy atom. The minimum absolute atomic E-state index is 0.260. The predicted molar refractivity (Wildman–Crippen MR) is 85.1 cm³/mol. The van der Waals surface area contributed by atoms with Crippen molar-refractivity contribution < 1.29 is 14.3 Å². The van der Waals surface area contributed by atoms with Gasteiger partial charge in [0.05, 0.1) is 32.4 Å². The molecule has 0 radical (unpaired) electrons. The summed E-state index contributed by atoms with van der Waals surface area (Å²) in [5.74, 6) is 0.696. The minimum Gasteiger partial charge on any atom is -0.490 e. The molecule has 0 unspecified atom stereocenters. The lowest BCUT2D eigenvalue weighted by molar-refractivity contribution is -0.913. The van der Waals surface area contributed by atoms with Crippen LogP contribution in [0.3, 0.4) is 0 Å². The van der Waals surface area contributed by atoms with Crippen molar-refractivity contribution in [3.63, 3.8) is 0 Å². The van der Waals surface area contributed by atoms with Crippen molar-refractivity contribution in [2.24, 2.45) is 0 Å². The first-order valence-electron chi connectivity index (χ1n) is 7.47. The van der Waals surface area contributed by atoms with Crippen molar-refractivity contribution in [3.05, 3.63) is 18.2 Å². The molecule has 0 spiro atoms. The second kappa shape index (κ2) is 6.98. The molecule has 0 saturated carbocycles. The van der Waals surface area contributed by atoms with Crippen LogP contribution < -0.4 is 16.2 Å². The topological polar surface area (TPSA) is 84.7 Å². The molecule has 1 saturated heterocycles. The smallest absolute Gasteiger partial charge is 0.142 e. The summed E-state index contributed by atoms with van der Waals surface area (Å²) in [7, 11) is 2.21. The van der Waals surface area contributed by atoms with E-state index in [1.54, 1.807) is 12.1 Å². The summed E-state index contributed by atoms with van der Waals surface area (Å²) in [6.07, 6.45) is 0. The van der Waals surface area contributed by atoms with Crippen LogP contribution in [0.4, 0.5) is 11.4 Å². The van der Waals surface area contributed by atoms with Crippen LogP contribution in [0.15, 0.2) is 18.2 Å². The number of nitrogen functional groups attached to an aromatic ring is 2. The molecule has 21 heavy (non-hydrogen) atoms. The van der Waals surface area contributed by atoms with Gasteiger partial charge in [0.1, 0.15) is 18.9 Å². The molecular formula is C15H27N4O2+. The third-order valence-corrected chi connectivity index (χ3v) is 4.25. The van der Waals surface area contributed by atoms with Gasteiger partial charge < -0.3 is 25.8 Å². The van der Waals surface area contributed by atoms with Gasteiger partial charge in [0.2, 0.25) is 0 Å². The average Bonchev–Trinajstić information content (AvgIpc) is 2.44. The van der Waals surface area contributed by atoms with Gasteiger partial charge in [-0.3, -0.25) is 4.90 Å². The second-order valence-corrected chi connectivity index (χ2v) is 6.00. The normalized spacial score (nSPS) is 18.6. The van der Waals surface area contributed by atoms with Gasteiger partial charge in [-0.05, 0) is 18.2 Å². The maximum Gasteiger partial charge on any atom is 0.142 e. The number of hydrogen-bond acceptors (Lipinski definition) is 5. The summed E-state index contributed by atoms with van der Waals surface area (Å²) in [4.78, 5) is 2.39. The maximum atomic E-state index is 9.09. The van der Waals surface area contributed by atoms with Crippen molar-refractivity contribution in [2.75, 3.05) is 71.0 Å². The molecule has 1 heterocycles. The fourth-order valence-electron chi connectivity index (χ4n) is 2.66. The zero-order valence-corrected chi connectivity index (χ0v) is 12.8. The molecule has 0 atom stereocenters. The van der Waals surface area contributed by atoms with E-state index in [1.807, 2.05) is 6.07 Å². The largest absolute Gasteiger partial charge is 0.490 e. The summed E-state index contributed by atoms with van der Waals surface area (Å²) in [6, 6.07) is 5.33. The lowest BCUT2D eigenvalue weighted by Gasteiger charge is -2.41. The van der Waals surface area contributed by atoms with E-state index in [9.17, 15) is 0 Å². The highest BCUT2D eigenvalue weighted by Crippen LogP contribution is 2.23. The van der Waals surface area contributed by atoms with Crippen LogP contribution in [-0.2, 0) is 0 Å². The number of nitrogens with two attached hydrogens (primary N) is 2.